The van der Waals surface area contributed by atoms with Crippen LogP contribution in [0.25, 0.3) is 49.9 Å². The van der Waals surface area contributed by atoms with Gasteiger partial charge in [-0.15, -0.1) is 48.1 Å². The molecule has 0 atom stereocenters. The first kappa shape index (κ1) is 46.9. The van der Waals surface area contributed by atoms with Gasteiger partial charge in [0.2, 0.25) is 0 Å². The summed E-state index contributed by atoms with van der Waals surface area (Å²) in [5.74, 6) is 2.31. The molecule has 0 saturated heterocycles. The molecule has 1 aliphatic rings. The van der Waals surface area contributed by atoms with E-state index in [1.54, 1.807) is 12.3 Å². The third kappa shape index (κ3) is 10.6. The normalized spacial score (nSPS) is 13.9. The van der Waals surface area contributed by atoms with Gasteiger partial charge in [0.15, 0.2) is 0 Å². The second-order valence-electron chi connectivity index (χ2n) is 24.0. The monoisotopic (exact) mass is 1200 g/mol. The van der Waals surface area contributed by atoms with Gasteiger partial charge in [-0.3, -0.25) is 0 Å². The maximum atomic E-state index is 9.21. The van der Waals surface area contributed by atoms with E-state index in [-0.39, 0.29) is 55.0 Å². The van der Waals surface area contributed by atoms with E-state index >= 15 is 0 Å². The zero-order chi connectivity index (χ0) is 57.7. The van der Waals surface area contributed by atoms with E-state index in [0.717, 1.165) is 61.2 Å². The number of benzene rings is 8. The van der Waals surface area contributed by atoms with Gasteiger partial charge in [0.1, 0.15) is 17.3 Å². The van der Waals surface area contributed by atoms with Crippen LogP contribution in [0.15, 0.2) is 182 Å². The zero-order valence-corrected chi connectivity index (χ0v) is 48.2. The third-order valence-corrected chi connectivity index (χ3v) is 14.3. The van der Waals surface area contributed by atoms with Crippen molar-refractivity contribution in [3.05, 3.63) is 223 Å². The maximum Gasteiger partial charge on any atom is 0.143 e. The van der Waals surface area contributed by atoms with Gasteiger partial charge in [-0.05, 0) is 109 Å². The predicted molar refractivity (Wildman–Crippen MR) is 316 cm³/mol. The Morgan fingerprint density at radius 1 is 0.506 bits per heavy atom. The molecule has 10 aromatic rings. The van der Waals surface area contributed by atoms with Crippen LogP contribution in [0, 0.1) is 18.8 Å². The fraction of sp³-hybridized carbons (Fsp3) is 0.229. The van der Waals surface area contributed by atoms with Gasteiger partial charge >= 0.3 is 0 Å². The molecule has 2 aromatic heterocycles. The summed E-state index contributed by atoms with van der Waals surface area (Å²) >= 11 is 0. The van der Waals surface area contributed by atoms with Gasteiger partial charge < -0.3 is 23.8 Å². The van der Waals surface area contributed by atoms with Crippen molar-refractivity contribution in [2.24, 2.45) is 0 Å². The summed E-state index contributed by atoms with van der Waals surface area (Å²) in [5.41, 5.74) is 11.6. The average molecular weight is 1200 g/mol. The Morgan fingerprint density at radius 3 is 1.77 bits per heavy atom. The van der Waals surface area contributed by atoms with Crippen molar-refractivity contribution in [1.29, 1.82) is 0 Å². The van der Waals surface area contributed by atoms with E-state index in [1.165, 1.54) is 11.1 Å². The second kappa shape index (κ2) is 20.2. The predicted octanol–water partition coefficient (Wildman–Crippen LogP) is 19.3. The molecular weight excluding hydrogens is 1120 g/mol. The minimum Gasteiger partial charge on any atom is -0.509 e. The standard InChI is InChI=1S/C70H67N4O2.Pt/c1-67(2,3)48-31-29-47(30-32-48)60-41-51(70(10,11)12)40-59(46-21-14-13-15-22-46)66(60)76-56-35-36-71-65(44-56)74-61-26-17-16-25-57(61)58-34-33-55(43-64(58)74)75-54-24-20-23-52(42-54)72-45-73(63-28-19-18-27-62(63)72)53-38-49(68(4,5)6)37-50(39-53)69(7,8)9;/h13-41,44-45H,1-12H3;/q-3;/i13D,14D,15D,21D,22D;. The van der Waals surface area contributed by atoms with Crippen LogP contribution in [-0.4, -0.2) is 9.55 Å². The summed E-state index contributed by atoms with van der Waals surface area (Å²) in [5, 5.41) is 1.94. The number of pyridine rings is 1. The third-order valence-electron chi connectivity index (χ3n) is 14.3. The molecule has 392 valence electrons. The smallest absolute Gasteiger partial charge is 0.143 e. The first-order chi connectivity index (χ1) is 38.2. The van der Waals surface area contributed by atoms with Crippen LogP contribution in [-0.2, 0) is 42.7 Å². The molecule has 0 unspecified atom stereocenters. The number of anilines is 4. The van der Waals surface area contributed by atoms with Crippen molar-refractivity contribution < 1.29 is 37.4 Å². The molecule has 7 heteroatoms. The van der Waals surface area contributed by atoms with Crippen LogP contribution in [0.4, 0.5) is 22.7 Å². The van der Waals surface area contributed by atoms with Crippen molar-refractivity contribution in [1.82, 2.24) is 9.55 Å². The summed E-state index contributed by atoms with van der Waals surface area (Å²) < 4.78 is 60.2. The number of para-hydroxylation sites is 3. The quantitative estimate of drug-likeness (QED) is 0.135. The number of hydrogen-bond acceptors (Lipinski definition) is 5. The maximum absolute atomic E-state index is 9.21. The molecule has 6 nitrogen and oxygen atoms in total. The molecule has 77 heavy (non-hydrogen) atoms. The Morgan fingerprint density at radius 2 is 1.10 bits per heavy atom. The van der Waals surface area contributed by atoms with E-state index in [0.29, 0.717) is 39.9 Å². The Hall–Kier alpha value is -7.40. The molecule has 0 N–H and O–H groups in total. The van der Waals surface area contributed by atoms with Crippen LogP contribution in [0.5, 0.6) is 23.0 Å². The van der Waals surface area contributed by atoms with Crippen molar-refractivity contribution in [2.45, 2.75) is 105 Å². The first-order valence-corrected chi connectivity index (χ1v) is 26.1. The van der Waals surface area contributed by atoms with Crippen LogP contribution < -0.4 is 19.3 Å². The van der Waals surface area contributed by atoms with E-state index < -0.39 is 23.5 Å². The minimum absolute atomic E-state index is 0. The number of ether oxygens (including phenoxy) is 2. The second-order valence-corrected chi connectivity index (χ2v) is 24.0. The zero-order valence-electron chi connectivity index (χ0n) is 50.9. The van der Waals surface area contributed by atoms with Gasteiger partial charge in [-0.2, -0.15) is 12.1 Å². The minimum atomic E-state index is -0.463. The summed E-state index contributed by atoms with van der Waals surface area (Å²) in [4.78, 5) is 9.37. The summed E-state index contributed by atoms with van der Waals surface area (Å²) in [6.07, 6.45) is 1.69. The van der Waals surface area contributed by atoms with Crippen molar-refractivity contribution in [3.8, 4) is 51.1 Å². The van der Waals surface area contributed by atoms with Crippen LogP contribution in [0.2, 0.25) is 0 Å². The molecule has 0 radical (unpaired) electrons. The largest absolute Gasteiger partial charge is 0.509 e. The molecule has 11 rings (SSSR count). The van der Waals surface area contributed by atoms with Gasteiger partial charge in [0, 0.05) is 78.5 Å². The van der Waals surface area contributed by atoms with Crippen LogP contribution in [0.3, 0.4) is 0 Å². The fourth-order valence-electron chi connectivity index (χ4n) is 9.86. The number of hydrogen-bond donors (Lipinski definition) is 0. The van der Waals surface area contributed by atoms with E-state index in [1.807, 2.05) is 65.2 Å². The number of aromatic nitrogens is 2. The number of fused-ring (bicyclic) bond motifs is 4. The number of rotatable bonds is 9. The molecule has 3 heterocycles. The van der Waals surface area contributed by atoms with E-state index in [4.69, 9.17) is 18.6 Å². The Balaban J connectivity index is 0.00000753. The fourth-order valence-corrected chi connectivity index (χ4v) is 9.86. The van der Waals surface area contributed by atoms with Gasteiger partial charge in [-0.1, -0.05) is 179 Å². The summed E-state index contributed by atoms with van der Waals surface area (Å²) in [6, 6.07) is 54.6. The molecule has 0 aliphatic carbocycles. The SMILES string of the molecule is [2H]c1c([2H])c([2H])c(-c2cc(C(C)(C)C)cc(-c3ccc(C(C)(C)C)cc3)c2Oc2ccnc(-n3c4[c-]c(Oc5[c-]c(N6[CH-]N(c7cc(C(C)(C)C)cc(C(C)(C)C)c7)c7ccccc76)ccc5)ccc4c4ccccc43)c2)c([2H])c1[2H].[Pt]. The first-order valence-electron chi connectivity index (χ1n) is 28.6. The van der Waals surface area contributed by atoms with Crippen molar-refractivity contribution >= 4 is 44.6 Å². The molecular formula is C70H67N4O2Pt-3. The van der Waals surface area contributed by atoms with Gasteiger partial charge in [-0.25, -0.2) is 4.98 Å². The topological polar surface area (TPSA) is 42.8 Å². The van der Waals surface area contributed by atoms with Crippen molar-refractivity contribution in [2.75, 3.05) is 9.80 Å². The molecule has 0 fully saturated rings. The molecule has 0 saturated carbocycles. The molecule has 0 amide bonds. The van der Waals surface area contributed by atoms with Crippen LogP contribution >= 0.6 is 0 Å². The van der Waals surface area contributed by atoms with Gasteiger partial charge in [0.05, 0.1) is 6.85 Å². The van der Waals surface area contributed by atoms with Crippen LogP contribution in [0.1, 0.15) is 112 Å². The van der Waals surface area contributed by atoms with E-state index in [2.05, 4.69) is 191 Å². The Kier molecular flexibility index (Phi) is 12.3. The Labute approximate surface area is 477 Å². The van der Waals surface area contributed by atoms with Gasteiger partial charge in [0.25, 0.3) is 0 Å². The molecule has 0 spiro atoms. The average Bonchev–Trinajstić information content (AvgIpc) is 2.42. The molecule has 8 aromatic carbocycles. The van der Waals surface area contributed by atoms with E-state index in [9.17, 15) is 2.74 Å². The number of nitrogens with zero attached hydrogens (tertiary/aromatic N) is 4. The molecule has 1 aliphatic heterocycles. The molecule has 0 bridgehead atoms. The van der Waals surface area contributed by atoms with Crippen molar-refractivity contribution in [3.63, 3.8) is 0 Å². The summed E-state index contributed by atoms with van der Waals surface area (Å²) in [6.45, 7) is 28.5. The summed E-state index contributed by atoms with van der Waals surface area (Å²) in [7, 11) is 0. The Bertz CT molecular complexity index is 4050.